The average Bonchev–Trinajstić information content (AvgIpc) is 2.81. The van der Waals surface area contributed by atoms with Crippen molar-refractivity contribution < 1.29 is 9.13 Å². The van der Waals surface area contributed by atoms with Gasteiger partial charge in [0.15, 0.2) is 5.96 Å². The monoisotopic (exact) mass is 442 g/mol. The van der Waals surface area contributed by atoms with Gasteiger partial charge in [0.1, 0.15) is 23.5 Å². The van der Waals surface area contributed by atoms with Crippen molar-refractivity contribution in [1.82, 2.24) is 20.5 Å². The van der Waals surface area contributed by atoms with Crippen molar-refractivity contribution in [3.8, 4) is 5.75 Å². The molecule has 174 valence electrons. The fourth-order valence-electron chi connectivity index (χ4n) is 3.59. The number of pyridine rings is 1. The molecule has 1 fully saturated rings. The van der Waals surface area contributed by atoms with E-state index in [9.17, 15) is 4.39 Å². The van der Waals surface area contributed by atoms with E-state index < -0.39 is 0 Å². The first-order valence-electron chi connectivity index (χ1n) is 11.4. The number of likely N-dealkylation sites (N-methyl/N-ethyl adjacent to an activating group) is 1. The standard InChI is InChI=1S/C24H35FN6O/c1-4-26-24(28-17-19(3)32-22-8-6-7-21(25)16-22)29-18-20-9-10-27-23(15-20)31-13-11-30(5-2)12-14-31/h6-10,15-16,19H,4-5,11-14,17-18H2,1-3H3,(H2,26,28,29). The van der Waals surface area contributed by atoms with Crippen molar-refractivity contribution in [3.63, 3.8) is 0 Å². The van der Waals surface area contributed by atoms with Crippen LogP contribution in [-0.2, 0) is 6.54 Å². The third-order valence-corrected chi connectivity index (χ3v) is 5.41. The minimum absolute atomic E-state index is 0.144. The topological polar surface area (TPSA) is 65.0 Å². The maximum atomic E-state index is 13.3. The van der Waals surface area contributed by atoms with Gasteiger partial charge in [-0.25, -0.2) is 14.4 Å². The number of nitrogens with one attached hydrogen (secondary N) is 2. The van der Waals surface area contributed by atoms with Crippen LogP contribution in [0.3, 0.4) is 0 Å². The Hall–Kier alpha value is -2.87. The maximum Gasteiger partial charge on any atom is 0.191 e. The summed E-state index contributed by atoms with van der Waals surface area (Å²) >= 11 is 0. The van der Waals surface area contributed by atoms with Gasteiger partial charge in [0.25, 0.3) is 0 Å². The number of ether oxygens (including phenoxy) is 1. The number of guanidine groups is 1. The third-order valence-electron chi connectivity index (χ3n) is 5.41. The molecule has 8 heteroatoms. The van der Waals surface area contributed by atoms with E-state index >= 15 is 0 Å². The zero-order valence-corrected chi connectivity index (χ0v) is 19.4. The highest BCUT2D eigenvalue weighted by Gasteiger charge is 2.16. The van der Waals surface area contributed by atoms with Crippen LogP contribution in [0, 0.1) is 5.82 Å². The number of aliphatic imine (C=N–C) groups is 1. The van der Waals surface area contributed by atoms with E-state index in [4.69, 9.17) is 9.73 Å². The van der Waals surface area contributed by atoms with E-state index in [0.29, 0.717) is 18.8 Å². The van der Waals surface area contributed by atoms with Crippen molar-refractivity contribution >= 4 is 11.8 Å². The summed E-state index contributed by atoms with van der Waals surface area (Å²) in [5.74, 6) is 1.95. The molecule has 0 aliphatic carbocycles. The van der Waals surface area contributed by atoms with Gasteiger partial charge >= 0.3 is 0 Å². The zero-order valence-electron chi connectivity index (χ0n) is 19.4. The number of piperazine rings is 1. The molecule has 0 saturated carbocycles. The fraction of sp³-hybridized carbons (Fsp3) is 0.500. The Morgan fingerprint density at radius 2 is 1.97 bits per heavy atom. The summed E-state index contributed by atoms with van der Waals surface area (Å²) in [6, 6.07) is 10.3. The summed E-state index contributed by atoms with van der Waals surface area (Å²) in [5, 5.41) is 6.57. The predicted octanol–water partition coefficient (Wildman–Crippen LogP) is 2.89. The summed E-state index contributed by atoms with van der Waals surface area (Å²) in [6.07, 6.45) is 1.72. The van der Waals surface area contributed by atoms with E-state index in [1.807, 2.05) is 26.1 Å². The van der Waals surface area contributed by atoms with Crippen molar-refractivity contribution in [2.75, 3.05) is 50.7 Å². The minimum Gasteiger partial charge on any atom is -0.489 e. The van der Waals surface area contributed by atoms with E-state index in [1.54, 1.807) is 12.1 Å². The summed E-state index contributed by atoms with van der Waals surface area (Å²) < 4.78 is 19.1. The highest BCUT2D eigenvalue weighted by atomic mass is 19.1. The lowest BCUT2D eigenvalue weighted by molar-refractivity contribution is 0.223. The van der Waals surface area contributed by atoms with Crippen molar-refractivity contribution in [3.05, 3.63) is 54.0 Å². The van der Waals surface area contributed by atoms with Gasteiger partial charge in [-0.1, -0.05) is 13.0 Å². The lowest BCUT2D eigenvalue weighted by Gasteiger charge is -2.34. The molecule has 1 aromatic carbocycles. The smallest absolute Gasteiger partial charge is 0.191 e. The lowest BCUT2D eigenvalue weighted by atomic mass is 10.2. The molecule has 1 unspecified atom stereocenters. The third kappa shape index (κ3) is 7.37. The average molecular weight is 443 g/mol. The van der Waals surface area contributed by atoms with Gasteiger partial charge in [0, 0.05) is 45.0 Å². The highest BCUT2D eigenvalue weighted by molar-refractivity contribution is 5.79. The normalized spacial score (nSPS) is 16.0. The van der Waals surface area contributed by atoms with Gasteiger partial charge in [-0.15, -0.1) is 0 Å². The van der Waals surface area contributed by atoms with Crippen LogP contribution in [0.5, 0.6) is 5.75 Å². The quantitative estimate of drug-likeness (QED) is 0.460. The minimum atomic E-state index is -0.304. The first-order valence-corrected chi connectivity index (χ1v) is 11.4. The van der Waals surface area contributed by atoms with E-state index in [0.717, 1.165) is 56.6 Å². The van der Waals surface area contributed by atoms with Crippen molar-refractivity contribution in [2.45, 2.75) is 33.4 Å². The lowest BCUT2D eigenvalue weighted by Crippen LogP contribution is -2.46. The number of halogens is 1. The molecule has 2 heterocycles. The number of benzene rings is 1. The van der Waals surface area contributed by atoms with Gasteiger partial charge in [0.2, 0.25) is 0 Å². The number of nitrogens with zero attached hydrogens (tertiary/aromatic N) is 4. The molecule has 32 heavy (non-hydrogen) atoms. The molecule has 0 bridgehead atoms. The van der Waals surface area contributed by atoms with Crippen LogP contribution in [-0.4, -0.2) is 67.8 Å². The number of hydrogen-bond acceptors (Lipinski definition) is 5. The number of anilines is 1. The van der Waals surface area contributed by atoms with Crippen LogP contribution in [0.1, 0.15) is 26.3 Å². The van der Waals surface area contributed by atoms with Crippen LogP contribution in [0.25, 0.3) is 0 Å². The molecule has 7 nitrogen and oxygen atoms in total. The molecular formula is C24H35FN6O. The molecule has 1 aromatic heterocycles. The summed E-state index contributed by atoms with van der Waals surface area (Å²) in [4.78, 5) is 14.1. The van der Waals surface area contributed by atoms with E-state index in [-0.39, 0.29) is 11.9 Å². The van der Waals surface area contributed by atoms with Gasteiger partial charge in [-0.3, -0.25) is 0 Å². The van der Waals surface area contributed by atoms with Crippen LogP contribution >= 0.6 is 0 Å². The number of hydrogen-bond donors (Lipinski definition) is 2. The van der Waals surface area contributed by atoms with Crippen molar-refractivity contribution in [2.24, 2.45) is 4.99 Å². The molecule has 1 aliphatic heterocycles. The molecule has 0 amide bonds. The Bertz CT molecular complexity index is 869. The Balaban J connectivity index is 1.54. The van der Waals surface area contributed by atoms with Crippen LogP contribution in [0.4, 0.5) is 10.2 Å². The first kappa shape index (κ1) is 23.8. The van der Waals surface area contributed by atoms with Gasteiger partial charge in [-0.2, -0.15) is 0 Å². The second-order valence-electron chi connectivity index (χ2n) is 7.91. The summed E-state index contributed by atoms with van der Waals surface area (Å²) in [7, 11) is 0. The molecule has 1 saturated heterocycles. The Kier molecular flexibility index (Phi) is 9.10. The van der Waals surface area contributed by atoms with E-state index in [2.05, 4.69) is 38.4 Å². The molecule has 2 N–H and O–H groups in total. The molecule has 3 rings (SSSR count). The number of rotatable bonds is 9. The van der Waals surface area contributed by atoms with Gasteiger partial charge in [0.05, 0.1) is 13.1 Å². The molecule has 0 spiro atoms. The second-order valence-corrected chi connectivity index (χ2v) is 7.91. The van der Waals surface area contributed by atoms with Crippen LogP contribution in [0.15, 0.2) is 47.6 Å². The van der Waals surface area contributed by atoms with Gasteiger partial charge < -0.3 is 25.2 Å². The highest BCUT2D eigenvalue weighted by Crippen LogP contribution is 2.16. The Labute approximate surface area is 190 Å². The van der Waals surface area contributed by atoms with Gasteiger partial charge in [-0.05, 0) is 50.2 Å². The molecule has 1 aliphatic rings. The molecule has 1 atom stereocenters. The second kappa shape index (κ2) is 12.2. The van der Waals surface area contributed by atoms with E-state index in [1.165, 1.54) is 12.1 Å². The predicted molar refractivity (Wildman–Crippen MR) is 128 cm³/mol. The Morgan fingerprint density at radius 3 is 2.69 bits per heavy atom. The summed E-state index contributed by atoms with van der Waals surface area (Å²) in [5.41, 5.74) is 1.12. The Morgan fingerprint density at radius 1 is 1.16 bits per heavy atom. The fourth-order valence-corrected chi connectivity index (χ4v) is 3.59. The molecule has 0 radical (unpaired) electrons. The first-order chi connectivity index (χ1) is 15.6. The molecule has 2 aromatic rings. The van der Waals surface area contributed by atoms with Crippen LogP contribution < -0.4 is 20.3 Å². The number of aromatic nitrogens is 1. The van der Waals surface area contributed by atoms with Crippen LogP contribution in [0.2, 0.25) is 0 Å². The largest absolute Gasteiger partial charge is 0.489 e. The summed E-state index contributed by atoms with van der Waals surface area (Å²) in [6.45, 7) is 13.3. The van der Waals surface area contributed by atoms with Crippen molar-refractivity contribution in [1.29, 1.82) is 0 Å². The maximum absolute atomic E-state index is 13.3. The zero-order chi connectivity index (χ0) is 22.8. The SMILES string of the molecule is CCNC(=NCc1ccnc(N2CCN(CC)CC2)c1)NCC(C)Oc1cccc(F)c1. The molecular weight excluding hydrogens is 407 g/mol.